The lowest BCUT2D eigenvalue weighted by Crippen LogP contribution is -2.41. The van der Waals surface area contributed by atoms with Crippen molar-refractivity contribution < 1.29 is 18.7 Å². The molecule has 2 atom stereocenters. The highest BCUT2D eigenvalue weighted by molar-refractivity contribution is 5.84. The van der Waals surface area contributed by atoms with Gasteiger partial charge in [0.2, 0.25) is 5.88 Å². The number of fused-ring (bicyclic) bond motifs is 5. The first-order valence-electron chi connectivity index (χ1n) is 11.8. The maximum absolute atomic E-state index is 14.6. The normalized spacial score (nSPS) is 19.8. The van der Waals surface area contributed by atoms with E-state index in [1.54, 1.807) is 27.4 Å². The summed E-state index contributed by atoms with van der Waals surface area (Å²) in [5.41, 5.74) is 4.91. The zero-order valence-corrected chi connectivity index (χ0v) is 20.2. The number of carbonyl (C=O) groups is 1. The van der Waals surface area contributed by atoms with E-state index in [9.17, 15) is 9.18 Å². The van der Waals surface area contributed by atoms with E-state index in [0.717, 1.165) is 16.8 Å². The molecular weight excluding hydrogens is 465 g/mol. The number of nitrogens with one attached hydrogen (secondary N) is 1. The lowest BCUT2D eigenvalue weighted by Gasteiger charge is -2.25. The van der Waals surface area contributed by atoms with E-state index in [4.69, 9.17) is 14.5 Å². The van der Waals surface area contributed by atoms with Crippen molar-refractivity contribution >= 4 is 17.2 Å². The highest BCUT2D eigenvalue weighted by atomic mass is 19.1. The van der Waals surface area contributed by atoms with Crippen molar-refractivity contribution in [2.45, 2.75) is 25.5 Å². The molecule has 2 aliphatic rings. The maximum Gasteiger partial charge on any atom is 0.252 e. The van der Waals surface area contributed by atoms with Gasteiger partial charge in [0.05, 0.1) is 23.5 Å². The number of aromatic nitrogens is 5. The molecule has 1 aromatic carbocycles. The molecule has 0 saturated carbocycles. The first kappa shape index (κ1) is 22.5. The number of methoxy groups -OCH3 is 1. The van der Waals surface area contributed by atoms with Gasteiger partial charge in [-0.3, -0.25) is 9.48 Å². The summed E-state index contributed by atoms with van der Waals surface area (Å²) in [5, 5.41) is 12.2. The predicted octanol–water partition coefficient (Wildman–Crippen LogP) is 2.66. The van der Waals surface area contributed by atoms with Gasteiger partial charge in [-0.1, -0.05) is 0 Å². The van der Waals surface area contributed by atoms with Gasteiger partial charge in [0.15, 0.2) is 5.65 Å². The summed E-state index contributed by atoms with van der Waals surface area (Å²) in [6.45, 7) is 3.06. The Morgan fingerprint density at radius 1 is 1.19 bits per heavy atom. The number of nitrogens with zero attached hydrogens (tertiary/aromatic N) is 6. The van der Waals surface area contributed by atoms with Gasteiger partial charge < -0.3 is 19.7 Å². The van der Waals surface area contributed by atoms with Crippen LogP contribution >= 0.6 is 0 Å². The zero-order chi connectivity index (χ0) is 25.0. The monoisotopic (exact) mass is 491 g/mol. The Balaban J connectivity index is 1.52. The number of amides is 1. The van der Waals surface area contributed by atoms with Crippen LogP contribution in [0.4, 0.5) is 10.1 Å². The van der Waals surface area contributed by atoms with Gasteiger partial charge in [-0.2, -0.15) is 15.2 Å². The van der Waals surface area contributed by atoms with Gasteiger partial charge in [0, 0.05) is 62.9 Å². The summed E-state index contributed by atoms with van der Waals surface area (Å²) in [4.78, 5) is 19.6. The highest BCUT2D eigenvalue weighted by Gasteiger charge is 2.40. The molecule has 10 nitrogen and oxygen atoms in total. The second kappa shape index (κ2) is 8.59. The van der Waals surface area contributed by atoms with Crippen molar-refractivity contribution in [3.63, 3.8) is 0 Å². The molecule has 0 spiro atoms. The molecule has 1 N–H and O–H groups in total. The smallest absolute Gasteiger partial charge is 0.252 e. The molecule has 3 aromatic heterocycles. The van der Waals surface area contributed by atoms with E-state index < -0.39 is 6.10 Å². The number of halogens is 1. The second-order valence-electron chi connectivity index (χ2n) is 9.20. The molecular formula is C25H26FN7O3. The molecule has 0 radical (unpaired) electrons. The number of benzene rings is 1. The molecule has 186 valence electrons. The van der Waals surface area contributed by atoms with Crippen molar-refractivity contribution in [2.75, 3.05) is 32.1 Å². The van der Waals surface area contributed by atoms with E-state index in [1.807, 2.05) is 32.4 Å². The van der Waals surface area contributed by atoms with Crippen LogP contribution in [0.25, 0.3) is 27.9 Å². The average molecular weight is 492 g/mol. The molecule has 6 rings (SSSR count). The fourth-order valence-electron chi connectivity index (χ4n) is 5.09. The first-order chi connectivity index (χ1) is 17.4. The third-order valence-electron chi connectivity index (χ3n) is 6.84. The molecule has 36 heavy (non-hydrogen) atoms. The number of hydrogen-bond acceptors (Lipinski definition) is 7. The fourth-order valence-corrected chi connectivity index (χ4v) is 5.09. The van der Waals surface area contributed by atoms with Gasteiger partial charge in [-0.15, -0.1) is 0 Å². The molecule has 5 heterocycles. The number of aryl methyl sites for hydroxylation is 2. The van der Waals surface area contributed by atoms with Crippen molar-refractivity contribution in [1.29, 1.82) is 0 Å². The van der Waals surface area contributed by atoms with Crippen molar-refractivity contribution in [3.05, 3.63) is 48.3 Å². The predicted molar refractivity (Wildman–Crippen MR) is 130 cm³/mol. The second-order valence-corrected chi connectivity index (χ2v) is 9.20. The highest BCUT2D eigenvalue weighted by Crippen LogP contribution is 2.35. The third kappa shape index (κ3) is 3.76. The number of ether oxygens (including phenoxy) is 2. The van der Waals surface area contributed by atoms with Crippen LogP contribution in [0.3, 0.4) is 0 Å². The van der Waals surface area contributed by atoms with Gasteiger partial charge in [0.25, 0.3) is 5.91 Å². The van der Waals surface area contributed by atoms with E-state index in [1.165, 1.54) is 12.1 Å². The third-order valence-corrected chi connectivity index (χ3v) is 6.84. The quantitative estimate of drug-likeness (QED) is 0.460. The van der Waals surface area contributed by atoms with Crippen molar-refractivity contribution in [1.82, 2.24) is 29.3 Å². The van der Waals surface area contributed by atoms with Crippen LogP contribution in [-0.2, 0) is 16.6 Å². The topological polar surface area (TPSA) is 98.8 Å². The average Bonchev–Trinajstić information content (AvgIpc) is 3.50. The lowest BCUT2D eigenvalue weighted by atomic mass is 10.1. The van der Waals surface area contributed by atoms with E-state index in [2.05, 4.69) is 15.5 Å². The number of carbonyl (C=O) groups excluding carboxylic acids is 1. The van der Waals surface area contributed by atoms with E-state index in [-0.39, 0.29) is 24.4 Å². The van der Waals surface area contributed by atoms with Crippen LogP contribution < -0.4 is 10.1 Å². The van der Waals surface area contributed by atoms with Crippen LogP contribution in [0.5, 0.6) is 5.88 Å². The minimum Gasteiger partial charge on any atom is -0.475 e. The first-order valence-corrected chi connectivity index (χ1v) is 11.8. The zero-order valence-electron chi connectivity index (χ0n) is 20.2. The lowest BCUT2D eigenvalue weighted by molar-refractivity contribution is -0.136. The Morgan fingerprint density at radius 3 is 2.83 bits per heavy atom. The number of anilines is 1. The van der Waals surface area contributed by atoms with Gasteiger partial charge in [-0.25, -0.2) is 8.91 Å². The van der Waals surface area contributed by atoms with Gasteiger partial charge >= 0.3 is 0 Å². The summed E-state index contributed by atoms with van der Waals surface area (Å²) in [6.07, 6.45) is 5.43. The van der Waals surface area contributed by atoms with Crippen molar-refractivity contribution in [2.24, 2.45) is 7.05 Å². The molecule has 4 bridgehead atoms. The Labute approximate surface area is 206 Å². The van der Waals surface area contributed by atoms with Crippen LogP contribution in [0.1, 0.15) is 12.1 Å². The van der Waals surface area contributed by atoms with Crippen LogP contribution in [0.15, 0.2) is 36.8 Å². The molecule has 0 unspecified atom stereocenters. The van der Waals surface area contributed by atoms with E-state index in [0.29, 0.717) is 47.9 Å². The summed E-state index contributed by atoms with van der Waals surface area (Å²) in [6, 6.07) is 4.56. The largest absolute Gasteiger partial charge is 0.475 e. The molecule has 2 aliphatic heterocycles. The molecule has 11 heteroatoms. The summed E-state index contributed by atoms with van der Waals surface area (Å²) in [5.74, 6) is -0.0553. The van der Waals surface area contributed by atoms with Crippen LogP contribution in [-0.4, -0.2) is 74.1 Å². The molecule has 1 fully saturated rings. The van der Waals surface area contributed by atoms with Gasteiger partial charge in [-0.05, 0) is 30.7 Å². The van der Waals surface area contributed by atoms with E-state index >= 15 is 0 Å². The van der Waals surface area contributed by atoms with Gasteiger partial charge in [0.1, 0.15) is 18.5 Å². The Hall–Kier alpha value is -3.99. The summed E-state index contributed by atoms with van der Waals surface area (Å²) < 4.78 is 29.8. The minimum atomic E-state index is -0.521. The maximum atomic E-state index is 14.6. The standard InChI is InChI=1S/C25H26FN7O3/c1-14-20(11-31(2)30-14)21-12-33-23-19(10-28-33)15-6-16(26)8-17(7-15)27-4-5-32-18(13-36-24(21)29-23)9-22(35-3)25(32)34/h6-8,10-12,18,22,27H,4-5,9,13H2,1-3H3/t18-,22+/m0/s1. The fraction of sp³-hybridized carbons (Fsp3) is 0.360. The molecule has 1 saturated heterocycles. The van der Waals surface area contributed by atoms with Crippen LogP contribution in [0.2, 0.25) is 0 Å². The number of hydrogen-bond donors (Lipinski definition) is 1. The summed E-state index contributed by atoms with van der Waals surface area (Å²) >= 11 is 0. The Morgan fingerprint density at radius 2 is 2.06 bits per heavy atom. The minimum absolute atomic E-state index is 0.0789. The Bertz CT molecular complexity index is 1480. The number of rotatable bonds is 2. The molecule has 1 amide bonds. The SMILES string of the molecule is CO[C@@H]1C[C@H]2COc3nc4c(cnn4cc3-c3cn(C)nc3C)-c3cc(F)cc(c3)NCCN2C1=O. The Kier molecular flexibility index (Phi) is 5.36. The molecule has 4 aromatic rings. The van der Waals surface area contributed by atoms with Crippen LogP contribution in [0, 0.1) is 12.7 Å². The van der Waals surface area contributed by atoms with Crippen molar-refractivity contribution in [3.8, 4) is 28.1 Å². The summed E-state index contributed by atoms with van der Waals surface area (Å²) in [7, 11) is 3.40. The molecule has 0 aliphatic carbocycles.